The fraction of sp³-hybridized carbons (Fsp3) is 1.00. The maximum Gasteiger partial charge on any atom is 0.187 e. The number of aliphatic hydroxyl groups excluding tert-OH is 8. The molecule has 0 aromatic heterocycles. The van der Waals surface area contributed by atoms with E-state index in [-0.39, 0.29) is 22.9 Å². The van der Waals surface area contributed by atoms with Crippen LogP contribution in [-0.2, 0) is 28.4 Å². The summed E-state index contributed by atoms with van der Waals surface area (Å²) in [6.45, 7) is 9.01. The van der Waals surface area contributed by atoms with Gasteiger partial charge in [0.15, 0.2) is 18.4 Å². The lowest BCUT2D eigenvalue weighted by atomic mass is 9.44. The molecule has 4 saturated carbocycles. The summed E-state index contributed by atoms with van der Waals surface area (Å²) in [4.78, 5) is 0. The number of rotatable bonds is 6. The molecule has 0 amide bonds. The van der Waals surface area contributed by atoms with Gasteiger partial charge in [-0.05, 0) is 97.7 Å². The van der Waals surface area contributed by atoms with Crippen LogP contribution in [0.25, 0.3) is 0 Å². The zero-order valence-corrected chi connectivity index (χ0v) is 31.6. The van der Waals surface area contributed by atoms with Gasteiger partial charge in [0.1, 0.15) is 48.8 Å². The van der Waals surface area contributed by atoms with Crippen molar-refractivity contribution in [2.75, 3.05) is 19.8 Å². The SMILES string of the molecule is C[C@@H]1CC[C@@]2(OC1)O[C@H]1C[C@H]3[C@@H]4CC[C@H]5[C@H](O[C@@H]6O[C@H](CO)[C@@H](O)[C@H](O)[C@H]6O)[C@@H](O[C@@H]6O[C@H](CO)[C@@H](O)[C@H](O)[C@H]6O)CC[C@]5(C)[C@H]4CC[C@]3(C)[C@H]1[C@@H]2C. The largest absolute Gasteiger partial charge is 0.394 e. The van der Waals surface area contributed by atoms with Crippen LogP contribution < -0.4 is 0 Å². The average Bonchev–Trinajstić information content (AvgIpc) is 3.59. The third-order valence-electron chi connectivity index (χ3n) is 16.2. The van der Waals surface area contributed by atoms with Crippen molar-refractivity contribution >= 4 is 0 Å². The fourth-order valence-electron chi connectivity index (χ4n) is 13.3. The minimum absolute atomic E-state index is 0.0962. The third-order valence-corrected chi connectivity index (χ3v) is 16.2. The molecule has 14 heteroatoms. The van der Waals surface area contributed by atoms with Crippen LogP contribution in [0.2, 0.25) is 0 Å². The van der Waals surface area contributed by atoms with E-state index in [0.29, 0.717) is 41.9 Å². The average molecular weight is 757 g/mol. The predicted octanol–water partition coefficient (Wildman–Crippen LogP) is 0.413. The Hall–Kier alpha value is -0.560. The van der Waals surface area contributed by atoms with Gasteiger partial charge in [-0.25, -0.2) is 0 Å². The molecule has 23 atom stereocenters. The number of hydrogen-bond acceptors (Lipinski definition) is 14. The van der Waals surface area contributed by atoms with E-state index < -0.39 is 92.6 Å². The maximum absolute atomic E-state index is 11.1. The van der Waals surface area contributed by atoms with Gasteiger partial charge in [-0.15, -0.1) is 0 Å². The Labute approximate surface area is 312 Å². The van der Waals surface area contributed by atoms with E-state index in [1.807, 2.05) is 0 Å². The van der Waals surface area contributed by atoms with Crippen LogP contribution in [0.15, 0.2) is 0 Å². The van der Waals surface area contributed by atoms with Crippen molar-refractivity contribution in [1.82, 2.24) is 0 Å². The molecule has 14 nitrogen and oxygen atoms in total. The molecule has 8 rings (SSSR count). The van der Waals surface area contributed by atoms with Crippen molar-refractivity contribution in [2.24, 2.45) is 52.3 Å². The van der Waals surface area contributed by atoms with Crippen LogP contribution >= 0.6 is 0 Å². The Morgan fingerprint density at radius 1 is 0.642 bits per heavy atom. The second kappa shape index (κ2) is 14.4. The zero-order valence-electron chi connectivity index (χ0n) is 31.6. The van der Waals surface area contributed by atoms with Gasteiger partial charge >= 0.3 is 0 Å². The maximum atomic E-state index is 11.1. The van der Waals surface area contributed by atoms with E-state index in [1.54, 1.807) is 0 Å². The summed E-state index contributed by atoms with van der Waals surface area (Å²) < 4.78 is 38.2. The first-order valence-corrected chi connectivity index (χ1v) is 20.4. The molecule has 8 N–H and O–H groups in total. The highest BCUT2D eigenvalue weighted by Crippen LogP contribution is 2.71. The normalized spacial score (nSPS) is 59.5. The van der Waals surface area contributed by atoms with E-state index in [2.05, 4.69) is 27.7 Å². The molecule has 4 aliphatic heterocycles. The molecule has 8 aliphatic rings. The summed E-state index contributed by atoms with van der Waals surface area (Å²) in [5, 5.41) is 83.8. The van der Waals surface area contributed by atoms with Crippen molar-refractivity contribution in [2.45, 2.75) is 171 Å². The molecule has 0 aromatic rings. The summed E-state index contributed by atoms with van der Waals surface area (Å²) in [5.41, 5.74) is -0.0632. The molecule has 4 heterocycles. The Morgan fingerprint density at radius 2 is 1.26 bits per heavy atom. The van der Waals surface area contributed by atoms with Crippen LogP contribution in [0.4, 0.5) is 0 Å². The van der Waals surface area contributed by atoms with Crippen LogP contribution in [0, 0.1) is 52.3 Å². The molecule has 304 valence electrons. The summed E-state index contributed by atoms with van der Waals surface area (Å²) in [7, 11) is 0. The molecule has 0 unspecified atom stereocenters. The lowest BCUT2D eigenvalue weighted by Gasteiger charge is -2.63. The lowest BCUT2D eigenvalue weighted by molar-refractivity contribution is -0.356. The smallest absolute Gasteiger partial charge is 0.187 e. The van der Waals surface area contributed by atoms with Crippen LogP contribution in [0.1, 0.15) is 85.5 Å². The topological polar surface area (TPSA) is 217 Å². The molecule has 8 fully saturated rings. The highest BCUT2D eigenvalue weighted by Gasteiger charge is 2.70. The second-order valence-electron chi connectivity index (χ2n) is 18.8. The molecule has 0 bridgehead atoms. The summed E-state index contributed by atoms with van der Waals surface area (Å²) in [6, 6.07) is 0. The highest BCUT2D eigenvalue weighted by atomic mass is 16.7. The fourth-order valence-corrected chi connectivity index (χ4v) is 13.3. The number of aliphatic hydroxyl groups is 8. The Balaban J connectivity index is 1.05. The second-order valence-corrected chi connectivity index (χ2v) is 18.8. The van der Waals surface area contributed by atoms with Crippen molar-refractivity contribution in [3.63, 3.8) is 0 Å². The van der Waals surface area contributed by atoms with E-state index in [9.17, 15) is 40.9 Å². The molecule has 4 saturated heterocycles. The summed E-state index contributed by atoms with van der Waals surface area (Å²) >= 11 is 0. The van der Waals surface area contributed by atoms with Crippen molar-refractivity contribution < 1.29 is 69.3 Å². The Morgan fingerprint density at radius 3 is 1.87 bits per heavy atom. The first kappa shape index (κ1) is 39.3. The van der Waals surface area contributed by atoms with Gasteiger partial charge in [0.2, 0.25) is 0 Å². The first-order chi connectivity index (χ1) is 25.2. The Bertz CT molecular complexity index is 1290. The van der Waals surface area contributed by atoms with Crippen LogP contribution in [0.3, 0.4) is 0 Å². The van der Waals surface area contributed by atoms with Gasteiger partial charge < -0.3 is 69.3 Å². The van der Waals surface area contributed by atoms with Crippen molar-refractivity contribution in [1.29, 1.82) is 0 Å². The summed E-state index contributed by atoms with van der Waals surface area (Å²) in [5.74, 6) is 2.12. The van der Waals surface area contributed by atoms with E-state index in [0.717, 1.165) is 58.0 Å². The third kappa shape index (κ3) is 6.11. The van der Waals surface area contributed by atoms with E-state index in [1.165, 1.54) is 0 Å². The van der Waals surface area contributed by atoms with Crippen molar-refractivity contribution in [3.05, 3.63) is 0 Å². The molecule has 0 radical (unpaired) electrons. The Kier molecular flexibility index (Phi) is 10.6. The predicted molar refractivity (Wildman–Crippen MR) is 184 cm³/mol. The van der Waals surface area contributed by atoms with Gasteiger partial charge in [-0.1, -0.05) is 27.7 Å². The molecular formula is C39H64O14. The van der Waals surface area contributed by atoms with E-state index in [4.69, 9.17) is 28.4 Å². The van der Waals surface area contributed by atoms with Crippen LogP contribution in [-0.4, -0.2) is 146 Å². The first-order valence-electron chi connectivity index (χ1n) is 20.4. The minimum atomic E-state index is -1.62. The quantitative estimate of drug-likeness (QED) is 0.173. The number of fused-ring (bicyclic) bond motifs is 7. The number of ether oxygens (including phenoxy) is 6. The minimum Gasteiger partial charge on any atom is -0.394 e. The van der Waals surface area contributed by atoms with Crippen molar-refractivity contribution in [3.8, 4) is 0 Å². The monoisotopic (exact) mass is 756 g/mol. The van der Waals surface area contributed by atoms with E-state index >= 15 is 0 Å². The number of hydrogen-bond donors (Lipinski definition) is 8. The molecule has 1 spiro atoms. The standard InChI is InChI=1S/C39H64O14/c1-17-7-12-39(48-16-17)18(2)27-24(53-39)13-22-19-5-6-21-34(52-36-33(47)31(45)29(43)26(15-41)51-36)23(9-11-37(21,3)20(19)8-10-38(22,27)4)49-35-32(46)30(44)28(42)25(14-40)50-35/h17-36,40-47H,5-16H2,1-4H3/t17-,18+,19-,20+,21+,22+,23+,24+,25-,26-,27+,28-,29-,30+,31+,32-,33-,34+,35-,36+,37-,38+,39-/m1/s1. The molecule has 53 heavy (non-hydrogen) atoms. The van der Waals surface area contributed by atoms with Gasteiger partial charge in [0.05, 0.1) is 38.1 Å². The summed E-state index contributed by atoms with van der Waals surface area (Å²) in [6.07, 6.45) is -7.60. The van der Waals surface area contributed by atoms with Gasteiger partial charge in [0.25, 0.3) is 0 Å². The van der Waals surface area contributed by atoms with Crippen LogP contribution in [0.5, 0.6) is 0 Å². The highest BCUT2D eigenvalue weighted by molar-refractivity contribution is 5.16. The lowest BCUT2D eigenvalue weighted by Crippen LogP contribution is -2.65. The van der Waals surface area contributed by atoms with Gasteiger partial charge in [0, 0.05) is 12.3 Å². The molecule has 0 aromatic carbocycles. The van der Waals surface area contributed by atoms with Gasteiger partial charge in [-0.3, -0.25) is 0 Å². The molecular weight excluding hydrogens is 692 g/mol. The molecule has 4 aliphatic carbocycles. The zero-order chi connectivity index (χ0) is 37.8. The van der Waals surface area contributed by atoms with Gasteiger partial charge in [-0.2, -0.15) is 0 Å².